The predicted octanol–water partition coefficient (Wildman–Crippen LogP) is 3.37. The van der Waals surface area contributed by atoms with E-state index < -0.39 is 10.9 Å². The van der Waals surface area contributed by atoms with Gasteiger partial charge in [-0.3, -0.25) is 10.1 Å². The number of esters is 1. The van der Waals surface area contributed by atoms with Crippen molar-refractivity contribution in [3.05, 3.63) is 69.8 Å². The maximum absolute atomic E-state index is 11.8. The standard InChI is InChI=1S/C18H17NO6/c1-23-16-7-8-17(24-2)14(11-16)12-25-18(20)9-6-13-4-3-5-15(10-13)19(21)22/h3-11H,12H2,1-2H3/b9-6+. The van der Waals surface area contributed by atoms with Crippen LogP contribution in [0.3, 0.4) is 0 Å². The molecule has 0 aliphatic rings. The smallest absolute Gasteiger partial charge is 0.331 e. The van der Waals surface area contributed by atoms with Gasteiger partial charge >= 0.3 is 5.97 Å². The normalized spacial score (nSPS) is 10.5. The van der Waals surface area contributed by atoms with Crippen molar-refractivity contribution in [2.24, 2.45) is 0 Å². The van der Waals surface area contributed by atoms with Crippen LogP contribution in [0.4, 0.5) is 5.69 Å². The van der Waals surface area contributed by atoms with Gasteiger partial charge in [0.1, 0.15) is 18.1 Å². The Bertz CT molecular complexity index is 800. The fraction of sp³-hybridized carbons (Fsp3) is 0.167. The van der Waals surface area contributed by atoms with Gasteiger partial charge in [-0.1, -0.05) is 12.1 Å². The predicted molar refractivity (Wildman–Crippen MR) is 91.5 cm³/mol. The van der Waals surface area contributed by atoms with Gasteiger partial charge in [0.05, 0.1) is 19.1 Å². The molecule has 7 nitrogen and oxygen atoms in total. The molecule has 0 aliphatic heterocycles. The third kappa shape index (κ3) is 5.07. The van der Waals surface area contributed by atoms with Crippen LogP contribution in [0.25, 0.3) is 6.08 Å². The van der Waals surface area contributed by atoms with E-state index in [-0.39, 0.29) is 12.3 Å². The Morgan fingerprint density at radius 2 is 1.96 bits per heavy atom. The lowest BCUT2D eigenvalue weighted by atomic mass is 10.2. The Balaban J connectivity index is 2.01. The van der Waals surface area contributed by atoms with Crippen molar-refractivity contribution in [3.8, 4) is 11.5 Å². The Hall–Kier alpha value is -3.35. The van der Waals surface area contributed by atoms with E-state index in [1.54, 1.807) is 37.4 Å². The first-order valence-electron chi connectivity index (χ1n) is 7.33. The second-order valence-electron chi connectivity index (χ2n) is 4.97. The highest BCUT2D eigenvalue weighted by atomic mass is 16.6. The number of nitro groups is 1. The van der Waals surface area contributed by atoms with Crippen LogP contribution in [0.2, 0.25) is 0 Å². The third-order valence-corrected chi connectivity index (χ3v) is 3.35. The molecule has 0 spiro atoms. The highest BCUT2D eigenvalue weighted by Gasteiger charge is 2.08. The van der Waals surface area contributed by atoms with Gasteiger partial charge in [-0.15, -0.1) is 0 Å². The minimum atomic E-state index is -0.573. The summed E-state index contributed by atoms with van der Waals surface area (Å²) >= 11 is 0. The quantitative estimate of drug-likeness (QED) is 0.331. The zero-order valence-corrected chi connectivity index (χ0v) is 13.8. The maximum Gasteiger partial charge on any atom is 0.331 e. The summed E-state index contributed by atoms with van der Waals surface area (Å²) in [6.45, 7) is 0.0124. The Labute approximate surface area is 144 Å². The van der Waals surface area contributed by atoms with Gasteiger partial charge in [0.2, 0.25) is 0 Å². The van der Waals surface area contributed by atoms with Crippen molar-refractivity contribution < 1.29 is 23.9 Å². The number of carbonyl (C=O) groups excluding carboxylic acids is 1. The molecule has 0 radical (unpaired) electrons. The number of rotatable bonds is 7. The molecule has 0 saturated heterocycles. The fourth-order valence-corrected chi connectivity index (χ4v) is 2.10. The zero-order chi connectivity index (χ0) is 18.2. The molecule has 2 aromatic carbocycles. The van der Waals surface area contributed by atoms with Crippen molar-refractivity contribution in [3.63, 3.8) is 0 Å². The molecule has 0 saturated carbocycles. The van der Waals surface area contributed by atoms with E-state index in [1.165, 1.54) is 31.4 Å². The van der Waals surface area contributed by atoms with Crippen LogP contribution in [-0.2, 0) is 16.1 Å². The van der Waals surface area contributed by atoms with Crippen molar-refractivity contribution in [1.29, 1.82) is 0 Å². The summed E-state index contributed by atoms with van der Waals surface area (Å²) in [5, 5.41) is 10.7. The summed E-state index contributed by atoms with van der Waals surface area (Å²) < 4.78 is 15.5. The van der Waals surface area contributed by atoms with Gasteiger partial charge in [0.15, 0.2) is 0 Å². The van der Waals surface area contributed by atoms with Crippen LogP contribution in [0.1, 0.15) is 11.1 Å². The van der Waals surface area contributed by atoms with Crippen LogP contribution in [0.15, 0.2) is 48.5 Å². The lowest BCUT2D eigenvalue weighted by molar-refractivity contribution is -0.384. The molecule has 0 bridgehead atoms. The van der Waals surface area contributed by atoms with Crippen LogP contribution in [0.5, 0.6) is 11.5 Å². The molecule has 0 N–H and O–H groups in total. The summed E-state index contributed by atoms with van der Waals surface area (Å²) in [5.41, 5.74) is 1.15. The SMILES string of the molecule is COc1ccc(OC)c(COC(=O)/C=C/c2cccc([N+](=O)[O-])c2)c1. The topological polar surface area (TPSA) is 87.9 Å². The number of benzene rings is 2. The molecule has 0 atom stereocenters. The summed E-state index contributed by atoms with van der Waals surface area (Å²) in [5.74, 6) is 0.631. The van der Waals surface area contributed by atoms with E-state index in [2.05, 4.69) is 0 Å². The van der Waals surface area contributed by atoms with Crippen molar-refractivity contribution in [2.75, 3.05) is 14.2 Å². The first kappa shape index (κ1) is 18.0. The Morgan fingerprint density at radius 1 is 1.16 bits per heavy atom. The Morgan fingerprint density at radius 3 is 2.64 bits per heavy atom. The summed E-state index contributed by atoms with van der Waals surface area (Å²) in [6, 6.07) is 11.1. The number of hydrogen-bond donors (Lipinski definition) is 0. The van der Waals surface area contributed by atoms with E-state index in [4.69, 9.17) is 14.2 Å². The van der Waals surface area contributed by atoms with E-state index in [0.717, 1.165) is 0 Å². The van der Waals surface area contributed by atoms with E-state index in [0.29, 0.717) is 22.6 Å². The molecular weight excluding hydrogens is 326 g/mol. The summed E-state index contributed by atoms with van der Waals surface area (Å²) in [7, 11) is 3.06. The number of hydrogen-bond acceptors (Lipinski definition) is 6. The molecular formula is C18H17NO6. The highest BCUT2D eigenvalue weighted by Crippen LogP contribution is 2.24. The summed E-state index contributed by atoms with van der Waals surface area (Å²) in [6.07, 6.45) is 2.67. The maximum atomic E-state index is 11.8. The molecule has 2 aromatic rings. The van der Waals surface area contributed by atoms with Crippen LogP contribution in [0, 0.1) is 10.1 Å². The zero-order valence-electron chi connectivity index (χ0n) is 13.8. The van der Waals surface area contributed by atoms with Gasteiger partial charge in [-0.05, 0) is 29.8 Å². The first-order valence-corrected chi connectivity index (χ1v) is 7.33. The number of ether oxygens (including phenoxy) is 3. The van der Waals surface area contributed by atoms with E-state index >= 15 is 0 Å². The molecule has 130 valence electrons. The molecule has 2 rings (SSSR count). The van der Waals surface area contributed by atoms with Crippen molar-refractivity contribution >= 4 is 17.7 Å². The molecule has 0 aliphatic carbocycles. The molecule has 25 heavy (non-hydrogen) atoms. The lowest BCUT2D eigenvalue weighted by Crippen LogP contribution is -2.02. The van der Waals surface area contributed by atoms with Gasteiger partial charge in [0, 0.05) is 23.8 Å². The minimum Gasteiger partial charge on any atom is -0.497 e. The summed E-state index contributed by atoms with van der Waals surface area (Å²) in [4.78, 5) is 22.1. The van der Waals surface area contributed by atoms with Crippen molar-refractivity contribution in [1.82, 2.24) is 0 Å². The Kier molecular flexibility index (Phi) is 6.11. The second kappa shape index (κ2) is 8.49. The highest BCUT2D eigenvalue weighted by molar-refractivity contribution is 5.87. The largest absolute Gasteiger partial charge is 0.497 e. The van der Waals surface area contributed by atoms with Gasteiger partial charge in [0.25, 0.3) is 5.69 Å². The second-order valence-corrected chi connectivity index (χ2v) is 4.97. The number of non-ortho nitro benzene ring substituents is 1. The molecule has 0 unspecified atom stereocenters. The number of nitrogens with zero attached hydrogens (tertiary/aromatic N) is 1. The monoisotopic (exact) mass is 343 g/mol. The fourth-order valence-electron chi connectivity index (χ4n) is 2.10. The van der Waals surface area contributed by atoms with E-state index in [1.807, 2.05) is 0 Å². The molecule has 0 amide bonds. The van der Waals surface area contributed by atoms with Crippen molar-refractivity contribution in [2.45, 2.75) is 6.61 Å². The van der Waals surface area contributed by atoms with Crippen LogP contribution < -0.4 is 9.47 Å². The van der Waals surface area contributed by atoms with Gasteiger partial charge in [-0.25, -0.2) is 4.79 Å². The molecule has 0 heterocycles. The van der Waals surface area contributed by atoms with Crippen LogP contribution in [-0.4, -0.2) is 25.1 Å². The van der Waals surface area contributed by atoms with Gasteiger partial charge < -0.3 is 14.2 Å². The van der Waals surface area contributed by atoms with Gasteiger partial charge in [-0.2, -0.15) is 0 Å². The number of methoxy groups -OCH3 is 2. The molecule has 0 aromatic heterocycles. The van der Waals surface area contributed by atoms with Crippen LogP contribution >= 0.6 is 0 Å². The molecule has 0 fully saturated rings. The average molecular weight is 343 g/mol. The number of nitro benzene ring substituents is 1. The lowest BCUT2D eigenvalue weighted by Gasteiger charge is -2.10. The number of carbonyl (C=O) groups is 1. The first-order chi connectivity index (χ1) is 12.0. The third-order valence-electron chi connectivity index (χ3n) is 3.35. The molecule has 7 heteroatoms. The van der Waals surface area contributed by atoms with E-state index in [9.17, 15) is 14.9 Å². The average Bonchev–Trinajstić information content (AvgIpc) is 2.64. The minimum absolute atomic E-state index is 0.0124.